The molecule has 1 N–H and O–H groups in total. The average molecular weight is 419 g/mol. The topological polar surface area (TPSA) is 117 Å². The molecule has 2 aromatic carbocycles. The van der Waals surface area contributed by atoms with E-state index in [0.29, 0.717) is 29.6 Å². The fraction of sp³-hybridized carbons (Fsp3) is 0.278. The third-order valence-electron chi connectivity index (χ3n) is 4.01. The Kier molecular flexibility index (Phi) is 6.29. The van der Waals surface area contributed by atoms with Gasteiger partial charge in [-0.2, -0.15) is 4.68 Å². The van der Waals surface area contributed by atoms with Crippen LogP contribution in [0.5, 0.6) is 17.2 Å². The third-order valence-corrected chi connectivity index (χ3v) is 5.41. The van der Waals surface area contributed by atoms with Gasteiger partial charge in [0.1, 0.15) is 5.75 Å². The van der Waals surface area contributed by atoms with Crippen molar-refractivity contribution >= 4 is 10.0 Å². The molecule has 0 unspecified atom stereocenters. The zero-order valence-electron chi connectivity index (χ0n) is 16.2. The summed E-state index contributed by atoms with van der Waals surface area (Å²) in [4.78, 5) is 0.0373. The Hall–Kier alpha value is -3.18. The third kappa shape index (κ3) is 4.63. The van der Waals surface area contributed by atoms with Gasteiger partial charge in [0, 0.05) is 6.07 Å². The molecule has 0 radical (unpaired) electrons. The van der Waals surface area contributed by atoms with Crippen molar-refractivity contribution in [2.75, 3.05) is 20.8 Å². The fourth-order valence-corrected chi connectivity index (χ4v) is 3.59. The maximum absolute atomic E-state index is 12.7. The maximum Gasteiger partial charge on any atom is 0.241 e. The standard InChI is InChI=1S/C18H21N5O5S/c1-4-28-14-7-5-13(6-8-14)23-18(20-21-22-23)12-19-29(24,25)15-9-10-16(26-2)17(11-15)27-3/h5-11,19H,4,12H2,1-3H3. The minimum Gasteiger partial charge on any atom is -0.494 e. The van der Waals surface area contributed by atoms with Crippen LogP contribution < -0.4 is 18.9 Å². The highest BCUT2D eigenvalue weighted by molar-refractivity contribution is 7.89. The van der Waals surface area contributed by atoms with Gasteiger partial charge in [0.05, 0.1) is 38.0 Å². The molecular weight excluding hydrogens is 398 g/mol. The van der Waals surface area contributed by atoms with Crippen molar-refractivity contribution in [2.24, 2.45) is 0 Å². The number of ether oxygens (including phenoxy) is 3. The van der Waals surface area contributed by atoms with Gasteiger partial charge in [0.2, 0.25) is 10.0 Å². The van der Waals surface area contributed by atoms with Crippen molar-refractivity contribution in [2.45, 2.75) is 18.4 Å². The molecule has 0 spiro atoms. The predicted octanol–water partition coefficient (Wildman–Crippen LogP) is 1.56. The Labute approximate surface area is 168 Å². The first kappa shape index (κ1) is 20.6. The second kappa shape index (κ2) is 8.88. The molecule has 10 nitrogen and oxygen atoms in total. The Morgan fingerprint density at radius 1 is 1.03 bits per heavy atom. The van der Waals surface area contributed by atoms with Crippen LogP contribution in [0, 0.1) is 0 Å². The van der Waals surface area contributed by atoms with E-state index in [1.165, 1.54) is 37.1 Å². The second-order valence-electron chi connectivity index (χ2n) is 5.78. The number of nitrogens with zero attached hydrogens (tertiary/aromatic N) is 4. The summed E-state index contributed by atoms with van der Waals surface area (Å²) in [6, 6.07) is 11.5. The molecule has 0 aliphatic heterocycles. The van der Waals surface area contributed by atoms with Crippen LogP contribution in [0.4, 0.5) is 0 Å². The molecule has 154 valence electrons. The van der Waals surface area contributed by atoms with Gasteiger partial charge < -0.3 is 14.2 Å². The summed E-state index contributed by atoms with van der Waals surface area (Å²) in [5.41, 5.74) is 0.679. The number of hydrogen-bond donors (Lipinski definition) is 1. The van der Waals surface area contributed by atoms with E-state index >= 15 is 0 Å². The highest BCUT2D eigenvalue weighted by Crippen LogP contribution is 2.29. The number of sulfonamides is 1. The monoisotopic (exact) mass is 419 g/mol. The first-order valence-corrected chi connectivity index (χ1v) is 10.2. The predicted molar refractivity (Wildman–Crippen MR) is 104 cm³/mol. The van der Waals surface area contributed by atoms with E-state index in [0.717, 1.165) is 5.75 Å². The van der Waals surface area contributed by atoms with Crippen LogP contribution in [0.2, 0.25) is 0 Å². The van der Waals surface area contributed by atoms with Crippen molar-refractivity contribution in [3.8, 4) is 22.9 Å². The summed E-state index contributed by atoms with van der Waals surface area (Å²) in [5.74, 6) is 1.80. The van der Waals surface area contributed by atoms with Crippen molar-refractivity contribution in [1.82, 2.24) is 24.9 Å². The van der Waals surface area contributed by atoms with E-state index in [1.54, 1.807) is 24.3 Å². The largest absolute Gasteiger partial charge is 0.494 e. The number of tetrazole rings is 1. The molecule has 0 fully saturated rings. The highest BCUT2D eigenvalue weighted by Gasteiger charge is 2.19. The van der Waals surface area contributed by atoms with Gasteiger partial charge in [-0.3, -0.25) is 0 Å². The van der Waals surface area contributed by atoms with E-state index in [1.807, 2.05) is 6.92 Å². The van der Waals surface area contributed by atoms with Gasteiger partial charge in [0.15, 0.2) is 17.3 Å². The molecular formula is C18H21N5O5S. The second-order valence-corrected chi connectivity index (χ2v) is 7.54. The number of aromatic nitrogens is 4. The molecule has 0 aliphatic carbocycles. The quantitative estimate of drug-likeness (QED) is 0.555. The van der Waals surface area contributed by atoms with Crippen LogP contribution in [0.1, 0.15) is 12.7 Å². The summed E-state index contributed by atoms with van der Waals surface area (Å²) in [7, 11) is -0.907. The Bertz CT molecular complexity index is 1070. The number of methoxy groups -OCH3 is 2. The van der Waals surface area contributed by atoms with E-state index in [4.69, 9.17) is 14.2 Å². The fourth-order valence-electron chi connectivity index (χ4n) is 2.59. The summed E-state index contributed by atoms with van der Waals surface area (Å²) in [6.07, 6.45) is 0. The summed E-state index contributed by atoms with van der Waals surface area (Å²) in [6.45, 7) is 2.36. The number of hydrogen-bond acceptors (Lipinski definition) is 8. The molecule has 29 heavy (non-hydrogen) atoms. The van der Waals surface area contributed by atoms with Crippen molar-refractivity contribution in [3.63, 3.8) is 0 Å². The number of benzene rings is 2. The molecule has 0 bridgehead atoms. The Balaban J connectivity index is 1.77. The lowest BCUT2D eigenvalue weighted by molar-refractivity contribution is 0.340. The lowest BCUT2D eigenvalue weighted by Gasteiger charge is -2.11. The van der Waals surface area contributed by atoms with E-state index in [-0.39, 0.29) is 11.4 Å². The van der Waals surface area contributed by atoms with E-state index in [9.17, 15) is 8.42 Å². The van der Waals surface area contributed by atoms with Crippen LogP contribution >= 0.6 is 0 Å². The zero-order chi connectivity index (χ0) is 20.9. The van der Waals surface area contributed by atoms with Gasteiger partial charge in [-0.15, -0.1) is 5.10 Å². The molecule has 0 saturated carbocycles. The summed E-state index contributed by atoms with van der Waals surface area (Å²) < 4.78 is 45.0. The smallest absolute Gasteiger partial charge is 0.241 e. The lowest BCUT2D eigenvalue weighted by Crippen LogP contribution is -2.25. The van der Waals surface area contributed by atoms with Crippen LogP contribution in [0.25, 0.3) is 5.69 Å². The zero-order valence-corrected chi connectivity index (χ0v) is 17.0. The molecule has 0 amide bonds. The minimum absolute atomic E-state index is 0.0373. The van der Waals surface area contributed by atoms with E-state index < -0.39 is 10.0 Å². The molecule has 0 atom stereocenters. The molecule has 1 aromatic heterocycles. The van der Waals surface area contributed by atoms with Crippen molar-refractivity contribution in [1.29, 1.82) is 0 Å². The average Bonchev–Trinajstić information content (AvgIpc) is 3.21. The SMILES string of the molecule is CCOc1ccc(-n2nnnc2CNS(=O)(=O)c2ccc(OC)c(OC)c2)cc1. The number of nitrogens with one attached hydrogen (secondary N) is 1. The lowest BCUT2D eigenvalue weighted by atomic mass is 10.3. The van der Waals surface area contributed by atoms with Gasteiger partial charge >= 0.3 is 0 Å². The van der Waals surface area contributed by atoms with Crippen molar-refractivity contribution in [3.05, 3.63) is 48.3 Å². The van der Waals surface area contributed by atoms with Crippen molar-refractivity contribution < 1.29 is 22.6 Å². The summed E-state index contributed by atoms with van der Waals surface area (Å²) in [5, 5.41) is 11.5. The van der Waals surface area contributed by atoms with Crippen LogP contribution in [-0.4, -0.2) is 49.5 Å². The Morgan fingerprint density at radius 2 is 1.76 bits per heavy atom. The first-order valence-electron chi connectivity index (χ1n) is 8.70. The number of rotatable bonds is 9. The molecule has 0 saturated heterocycles. The minimum atomic E-state index is -3.82. The molecule has 3 rings (SSSR count). The van der Waals surface area contributed by atoms with E-state index in [2.05, 4.69) is 20.2 Å². The van der Waals surface area contributed by atoms with Gasteiger partial charge in [0.25, 0.3) is 0 Å². The van der Waals surface area contributed by atoms with Gasteiger partial charge in [-0.25, -0.2) is 13.1 Å². The molecule has 1 heterocycles. The first-order chi connectivity index (χ1) is 14.0. The molecule has 3 aromatic rings. The van der Waals surface area contributed by atoms with Gasteiger partial charge in [-0.05, 0) is 53.7 Å². The van der Waals surface area contributed by atoms with Crippen LogP contribution in [-0.2, 0) is 16.6 Å². The van der Waals surface area contributed by atoms with Crippen LogP contribution in [0.3, 0.4) is 0 Å². The van der Waals surface area contributed by atoms with Crippen LogP contribution in [0.15, 0.2) is 47.4 Å². The van der Waals surface area contributed by atoms with Gasteiger partial charge in [-0.1, -0.05) is 0 Å². The summed E-state index contributed by atoms with van der Waals surface area (Å²) >= 11 is 0. The maximum atomic E-state index is 12.7. The molecule has 11 heteroatoms. The normalized spacial score (nSPS) is 11.3. The molecule has 0 aliphatic rings. The Morgan fingerprint density at radius 3 is 2.41 bits per heavy atom. The highest BCUT2D eigenvalue weighted by atomic mass is 32.2.